The van der Waals surface area contributed by atoms with Gasteiger partial charge in [0.05, 0.1) is 5.52 Å². The Morgan fingerprint density at radius 2 is 2.00 bits per heavy atom. The minimum atomic E-state index is 0.630. The Morgan fingerprint density at radius 1 is 1.08 bits per heavy atom. The van der Waals surface area contributed by atoms with Crippen molar-refractivity contribution >= 4 is 10.9 Å². The molecule has 0 radical (unpaired) electrons. The summed E-state index contributed by atoms with van der Waals surface area (Å²) in [5, 5.41) is 1.16. The second-order valence-electron chi connectivity index (χ2n) is 3.03. The highest BCUT2D eigenvalue weighted by molar-refractivity contribution is 5.87. The van der Waals surface area contributed by atoms with Crippen LogP contribution in [-0.2, 0) is 0 Å². The molecule has 0 unspecified atom stereocenters. The Labute approximate surface area is 75.3 Å². The monoisotopic (exact) mass is 175 g/mol. The molecule has 0 amide bonds. The van der Waals surface area contributed by atoms with E-state index in [1.165, 1.54) is 0 Å². The fourth-order valence-electron chi connectivity index (χ4n) is 1.63. The maximum absolute atomic E-state index is 5.54. The standard InChI is InChI=1S/C10H9NO2/c1-2-8-10(13-6-5-12-8)9-7(1)3-4-11-9/h1-4,11H,5-6H2. The molecule has 3 nitrogen and oxygen atoms in total. The van der Waals surface area contributed by atoms with E-state index >= 15 is 0 Å². The predicted octanol–water partition coefficient (Wildman–Crippen LogP) is 1.94. The van der Waals surface area contributed by atoms with Crippen LogP contribution in [0.15, 0.2) is 24.4 Å². The Balaban J connectivity index is 2.34. The molecule has 3 heteroatoms. The van der Waals surface area contributed by atoms with Gasteiger partial charge in [0.2, 0.25) is 0 Å². The Bertz CT molecular complexity index is 447. The molecule has 2 heterocycles. The van der Waals surface area contributed by atoms with Gasteiger partial charge in [0.15, 0.2) is 11.5 Å². The van der Waals surface area contributed by atoms with Crippen molar-refractivity contribution in [3.63, 3.8) is 0 Å². The van der Waals surface area contributed by atoms with Gasteiger partial charge in [0.25, 0.3) is 0 Å². The van der Waals surface area contributed by atoms with Gasteiger partial charge in [0.1, 0.15) is 13.2 Å². The van der Waals surface area contributed by atoms with E-state index in [0.29, 0.717) is 13.2 Å². The van der Waals surface area contributed by atoms with Crippen LogP contribution in [0.1, 0.15) is 0 Å². The van der Waals surface area contributed by atoms with Gasteiger partial charge >= 0.3 is 0 Å². The number of aromatic nitrogens is 1. The van der Waals surface area contributed by atoms with Crippen LogP contribution in [0.2, 0.25) is 0 Å². The van der Waals surface area contributed by atoms with E-state index in [0.717, 1.165) is 22.4 Å². The molecule has 0 saturated heterocycles. The van der Waals surface area contributed by atoms with Crippen LogP contribution in [0.3, 0.4) is 0 Å². The zero-order chi connectivity index (χ0) is 8.67. The summed E-state index contributed by atoms with van der Waals surface area (Å²) in [5.74, 6) is 1.68. The number of ether oxygens (including phenoxy) is 2. The van der Waals surface area contributed by atoms with Gasteiger partial charge in [0, 0.05) is 11.6 Å². The Morgan fingerprint density at radius 3 is 3.00 bits per heavy atom. The van der Waals surface area contributed by atoms with Gasteiger partial charge < -0.3 is 14.5 Å². The third-order valence-corrected chi connectivity index (χ3v) is 2.23. The van der Waals surface area contributed by atoms with Crippen LogP contribution in [0.5, 0.6) is 11.5 Å². The van der Waals surface area contributed by atoms with Crippen molar-refractivity contribution in [1.82, 2.24) is 4.98 Å². The zero-order valence-electron chi connectivity index (χ0n) is 7.04. The minimum Gasteiger partial charge on any atom is -0.486 e. The highest BCUT2D eigenvalue weighted by atomic mass is 16.6. The van der Waals surface area contributed by atoms with E-state index in [1.54, 1.807) is 0 Å². The van der Waals surface area contributed by atoms with Crippen molar-refractivity contribution in [2.45, 2.75) is 0 Å². The zero-order valence-corrected chi connectivity index (χ0v) is 7.04. The number of rotatable bonds is 0. The molecule has 0 atom stereocenters. The predicted molar refractivity (Wildman–Crippen MR) is 49.3 cm³/mol. The number of hydrogen-bond acceptors (Lipinski definition) is 2. The van der Waals surface area contributed by atoms with Crippen LogP contribution in [0.25, 0.3) is 10.9 Å². The molecule has 2 aromatic rings. The van der Waals surface area contributed by atoms with Crippen LogP contribution >= 0.6 is 0 Å². The molecule has 0 aliphatic carbocycles. The van der Waals surface area contributed by atoms with Crippen molar-refractivity contribution in [3.05, 3.63) is 24.4 Å². The second kappa shape index (κ2) is 2.42. The van der Waals surface area contributed by atoms with Crippen LogP contribution < -0.4 is 9.47 Å². The minimum absolute atomic E-state index is 0.630. The van der Waals surface area contributed by atoms with Crippen molar-refractivity contribution in [3.8, 4) is 11.5 Å². The molecule has 1 aliphatic heterocycles. The maximum Gasteiger partial charge on any atom is 0.185 e. The van der Waals surface area contributed by atoms with Crippen molar-refractivity contribution < 1.29 is 9.47 Å². The number of nitrogens with one attached hydrogen (secondary N) is 1. The normalized spacial score (nSPS) is 14.8. The molecule has 0 spiro atoms. The first-order chi connectivity index (χ1) is 6.45. The topological polar surface area (TPSA) is 34.2 Å². The van der Waals surface area contributed by atoms with Gasteiger partial charge in [-0.15, -0.1) is 0 Å². The highest BCUT2D eigenvalue weighted by Crippen LogP contribution is 2.36. The smallest absolute Gasteiger partial charge is 0.185 e. The first-order valence-corrected chi connectivity index (χ1v) is 4.31. The first kappa shape index (κ1) is 6.83. The Hall–Kier alpha value is -1.64. The van der Waals surface area contributed by atoms with Gasteiger partial charge in [-0.2, -0.15) is 0 Å². The van der Waals surface area contributed by atoms with E-state index < -0.39 is 0 Å². The summed E-state index contributed by atoms with van der Waals surface area (Å²) in [6.07, 6.45) is 1.91. The molecule has 0 saturated carbocycles. The third-order valence-electron chi connectivity index (χ3n) is 2.23. The average Bonchev–Trinajstić information content (AvgIpc) is 2.65. The van der Waals surface area contributed by atoms with Gasteiger partial charge in [-0.1, -0.05) is 0 Å². The molecule has 66 valence electrons. The van der Waals surface area contributed by atoms with Crippen LogP contribution in [-0.4, -0.2) is 18.2 Å². The van der Waals surface area contributed by atoms with Gasteiger partial charge in [-0.05, 0) is 18.2 Å². The first-order valence-electron chi connectivity index (χ1n) is 4.31. The SMILES string of the molecule is c1cc2ccc3c(c2[nH]1)OCCO3. The number of fused-ring (bicyclic) bond motifs is 3. The highest BCUT2D eigenvalue weighted by Gasteiger charge is 2.14. The molecule has 3 rings (SSSR count). The molecule has 1 N–H and O–H groups in total. The summed E-state index contributed by atoms with van der Waals surface area (Å²) in [4.78, 5) is 3.14. The second-order valence-corrected chi connectivity index (χ2v) is 3.03. The van der Waals surface area contributed by atoms with Crippen molar-refractivity contribution in [2.24, 2.45) is 0 Å². The van der Waals surface area contributed by atoms with Gasteiger partial charge in [-0.25, -0.2) is 0 Å². The summed E-state index contributed by atoms with van der Waals surface area (Å²) in [7, 11) is 0. The van der Waals surface area contributed by atoms with Crippen LogP contribution in [0.4, 0.5) is 0 Å². The lowest BCUT2D eigenvalue weighted by Crippen LogP contribution is -2.15. The fourth-order valence-corrected chi connectivity index (χ4v) is 1.63. The lowest BCUT2D eigenvalue weighted by molar-refractivity contribution is 0.173. The number of aromatic amines is 1. The Kier molecular flexibility index (Phi) is 1.27. The average molecular weight is 175 g/mol. The largest absolute Gasteiger partial charge is 0.486 e. The molecule has 1 aromatic carbocycles. The quantitative estimate of drug-likeness (QED) is 0.664. The van der Waals surface area contributed by atoms with Crippen molar-refractivity contribution in [2.75, 3.05) is 13.2 Å². The molecule has 0 fully saturated rings. The van der Waals surface area contributed by atoms with E-state index in [2.05, 4.69) is 4.98 Å². The molecular weight excluding hydrogens is 166 g/mol. The number of benzene rings is 1. The summed E-state index contributed by atoms with van der Waals surface area (Å²) in [6.45, 7) is 1.27. The number of H-pyrrole nitrogens is 1. The lowest BCUT2D eigenvalue weighted by Gasteiger charge is -2.18. The summed E-state index contributed by atoms with van der Waals surface area (Å²) in [6, 6.07) is 6.00. The third kappa shape index (κ3) is 0.900. The van der Waals surface area contributed by atoms with E-state index in [9.17, 15) is 0 Å². The maximum atomic E-state index is 5.54. The number of hydrogen-bond donors (Lipinski definition) is 1. The van der Waals surface area contributed by atoms with Gasteiger partial charge in [-0.3, -0.25) is 0 Å². The molecule has 13 heavy (non-hydrogen) atoms. The summed E-state index contributed by atoms with van der Waals surface area (Å²) >= 11 is 0. The van der Waals surface area contributed by atoms with E-state index in [-0.39, 0.29) is 0 Å². The molecule has 1 aromatic heterocycles. The van der Waals surface area contributed by atoms with Crippen LogP contribution in [0, 0.1) is 0 Å². The molecule has 0 bridgehead atoms. The lowest BCUT2D eigenvalue weighted by atomic mass is 10.2. The van der Waals surface area contributed by atoms with E-state index in [4.69, 9.17) is 9.47 Å². The fraction of sp³-hybridized carbons (Fsp3) is 0.200. The summed E-state index contributed by atoms with van der Waals surface area (Å²) in [5.41, 5.74) is 1.03. The molecular formula is C10H9NO2. The summed E-state index contributed by atoms with van der Waals surface area (Å²) < 4.78 is 11.0. The van der Waals surface area contributed by atoms with E-state index in [1.807, 2.05) is 24.4 Å². The molecule has 1 aliphatic rings. The van der Waals surface area contributed by atoms with Crippen molar-refractivity contribution in [1.29, 1.82) is 0 Å².